The predicted molar refractivity (Wildman–Crippen MR) is 107 cm³/mol. The highest BCUT2D eigenvalue weighted by Gasteiger charge is 2.19. The van der Waals surface area contributed by atoms with Crippen LogP contribution in [-0.4, -0.2) is 25.5 Å². The number of hydrogen-bond donors (Lipinski definition) is 1. The second-order valence-electron chi connectivity index (χ2n) is 6.57. The van der Waals surface area contributed by atoms with E-state index in [1.165, 1.54) is 0 Å². The molecule has 0 saturated carbocycles. The fraction of sp³-hybridized carbons (Fsp3) is 0.316. The lowest BCUT2D eigenvalue weighted by atomic mass is 10.1. The van der Waals surface area contributed by atoms with Crippen LogP contribution in [0, 0.1) is 19.8 Å². The van der Waals surface area contributed by atoms with Crippen molar-refractivity contribution in [3.63, 3.8) is 0 Å². The molecule has 0 aliphatic carbocycles. The van der Waals surface area contributed by atoms with Crippen LogP contribution < -0.4 is 5.32 Å². The smallest absolute Gasteiger partial charge is 0.230 e. The monoisotopic (exact) mass is 405 g/mol. The highest BCUT2D eigenvalue weighted by molar-refractivity contribution is 6.33. The Labute approximate surface area is 168 Å². The van der Waals surface area contributed by atoms with Crippen molar-refractivity contribution < 1.29 is 4.79 Å². The maximum atomic E-state index is 12.5. The number of benzene rings is 1. The summed E-state index contributed by atoms with van der Waals surface area (Å²) in [5, 5.41) is 12.6. The minimum atomic E-state index is -0.325. The predicted octanol–water partition coefficient (Wildman–Crippen LogP) is 4.33. The number of hydrogen-bond acceptors (Lipinski definition) is 3. The summed E-state index contributed by atoms with van der Waals surface area (Å²) in [6.45, 7) is 6.56. The first-order valence-electron chi connectivity index (χ1n) is 8.62. The standard InChI is InChI=1S/C19H21Cl2N5O/c1-12(9-26-14(3)17(21)13(2)23-26)19(27)22-18-16(20)11-25(24-18)10-15-7-5-4-6-8-15/h4-8,11-12H,9-10H2,1-3H3,(H,22,24,27). The molecule has 1 N–H and O–H groups in total. The van der Waals surface area contributed by atoms with Gasteiger partial charge in [0.15, 0.2) is 5.82 Å². The van der Waals surface area contributed by atoms with Gasteiger partial charge < -0.3 is 5.32 Å². The van der Waals surface area contributed by atoms with Crippen molar-refractivity contribution in [2.45, 2.75) is 33.9 Å². The molecule has 0 fully saturated rings. The molecule has 3 rings (SSSR count). The van der Waals surface area contributed by atoms with Crippen LogP contribution in [0.15, 0.2) is 36.5 Å². The molecule has 142 valence electrons. The molecule has 1 atom stereocenters. The molecule has 3 aromatic rings. The van der Waals surface area contributed by atoms with Crippen molar-refractivity contribution in [3.8, 4) is 0 Å². The van der Waals surface area contributed by atoms with Crippen LogP contribution in [-0.2, 0) is 17.9 Å². The lowest BCUT2D eigenvalue weighted by molar-refractivity contribution is -0.119. The highest BCUT2D eigenvalue weighted by Crippen LogP contribution is 2.22. The molecule has 1 unspecified atom stereocenters. The first-order valence-corrected chi connectivity index (χ1v) is 9.38. The topological polar surface area (TPSA) is 64.7 Å². The third-order valence-corrected chi connectivity index (χ3v) is 5.16. The number of carbonyl (C=O) groups is 1. The summed E-state index contributed by atoms with van der Waals surface area (Å²) in [5.74, 6) is -0.143. The number of carbonyl (C=O) groups excluding carboxylic acids is 1. The Morgan fingerprint density at radius 1 is 1.19 bits per heavy atom. The number of aryl methyl sites for hydroxylation is 1. The average Bonchev–Trinajstić information content (AvgIpc) is 3.10. The van der Waals surface area contributed by atoms with Crippen LogP contribution in [0.3, 0.4) is 0 Å². The summed E-state index contributed by atoms with van der Waals surface area (Å²) < 4.78 is 3.45. The lowest BCUT2D eigenvalue weighted by Crippen LogP contribution is -2.25. The molecular formula is C19H21Cl2N5O. The number of nitrogens with one attached hydrogen (secondary N) is 1. The van der Waals surface area contributed by atoms with Crippen molar-refractivity contribution in [2.24, 2.45) is 5.92 Å². The number of anilines is 1. The van der Waals surface area contributed by atoms with Gasteiger partial charge >= 0.3 is 0 Å². The zero-order chi connectivity index (χ0) is 19.6. The van der Waals surface area contributed by atoms with Crippen LogP contribution >= 0.6 is 23.2 Å². The lowest BCUT2D eigenvalue weighted by Gasteiger charge is -2.12. The largest absolute Gasteiger partial charge is 0.308 e. The van der Waals surface area contributed by atoms with Gasteiger partial charge in [-0.15, -0.1) is 0 Å². The molecule has 0 bridgehead atoms. The van der Waals surface area contributed by atoms with Crippen LogP contribution in [0.1, 0.15) is 23.9 Å². The summed E-state index contributed by atoms with van der Waals surface area (Å²) >= 11 is 12.4. The molecule has 1 amide bonds. The van der Waals surface area contributed by atoms with E-state index in [9.17, 15) is 4.79 Å². The Balaban J connectivity index is 1.65. The molecule has 27 heavy (non-hydrogen) atoms. The number of aromatic nitrogens is 4. The highest BCUT2D eigenvalue weighted by atomic mass is 35.5. The van der Waals surface area contributed by atoms with Crippen molar-refractivity contribution in [1.29, 1.82) is 0 Å². The van der Waals surface area contributed by atoms with E-state index in [4.69, 9.17) is 23.2 Å². The number of amides is 1. The molecule has 1 aromatic carbocycles. The van der Waals surface area contributed by atoms with E-state index >= 15 is 0 Å². The quantitative estimate of drug-likeness (QED) is 0.663. The molecule has 2 aromatic heterocycles. The maximum Gasteiger partial charge on any atom is 0.230 e. The van der Waals surface area contributed by atoms with Crippen molar-refractivity contribution in [2.75, 3.05) is 5.32 Å². The van der Waals surface area contributed by atoms with Crippen LogP contribution in [0.2, 0.25) is 10.0 Å². The van der Waals surface area contributed by atoms with E-state index < -0.39 is 0 Å². The van der Waals surface area contributed by atoms with Gasteiger partial charge in [0.05, 0.1) is 35.4 Å². The molecule has 6 nitrogen and oxygen atoms in total. The molecule has 2 heterocycles. The molecule has 0 aliphatic heterocycles. The Morgan fingerprint density at radius 2 is 1.89 bits per heavy atom. The second-order valence-corrected chi connectivity index (χ2v) is 7.35. The van der Waals surface area contributed by atoms with E-state index in [1.807, 2.05) is 51.1 Å². The first kappa shape index (κ1) is 19.5. The van der Waals surface area contributed by atoms with Crippen LogP contribution in [0.4, 0.5) is 5.82 Å². The zero-order valence-corrected chi connectivity index (χ0v) is 16.9. The fourth-order valence-corrected chi connectivity index (χ4v) is 3.10. The van der Waals surface area contributed by atoms with Gasteiger partial charge in [-0.25, -0.2) is 0 Å². The summed E-state index contributed by atoms with van der Waals surface area (Å²) in [6, 6.07) is 9.92. The minimum Gasteiger partial charge on any atom is -0.308 e. The first-order chi connectivity index (χ1) is 12.8. The average molecular weight is 406 g/mol. The van der Waals surface area contributed by atoms with Gasteiger partial charge in [-0.1, -0.05) is 60.5 Å². The van der Waals surface area contributed by atoms with E-state index in [-0.39, 0.29) is 11.8 Å². The van der Waals surface area contributed by atoms with Gasteiger partial charge in [0, 0.05) is 6.20 Å². The van der Waals surface area contributed by atoms with E-state index in [2.05, 4.69) is 15.5 Å². The van der Waals surface area contributed by atoms with Crippen molar-refractivity contribution in [3.05, 3.63) is 63.5 Å². The third-order valence-electron chi connectivity index (χ3n) is 4.33. The normalized spacial score (nSPS) is 12.2. The maximum absolute atomic E-state index is 12.5. The van der Waals surface area contributed by atoms with E-state index in [0.29, 0.717) is 29.0 Å². The number of nitrogens with zero attached hydrogens (tertiary/aromatic N) is 4. The summed E-state index contributed by atoms with van der Waals surface area (Å²) in [4.78, 5) is 12.5. The number of halogens is 2. The summed E-state index contributed by atoms with van der Waals surface area (Å²) in [5.41, 5.74) is 2.70. The van der Waals surface area contributed by atoms with Gasteiger partial charge in [0.1, 0.15) is 5.02 Å². The zero-order valence-electron chi connectivity index (χ0n) is 15.4. The minimum absolute atomic E-state index is 0.175. The third kappa shape index (κ3) is 4.51. The second kappa shape index (κ2) is 8.15. The van der Waals surface area contributed by atoms with Gasteiger partial charge in [0.2, 0.25) is 5.91 Å². The summed E-state index contributed by atoms with van der Waals surface area (Å²) in [7, 11) is 0. The summed E-state index contributed by atoms with van der Waals surface area (Å²) in [6.07, 6.45) is 1.70. The molecular weight excluding hydrogens is 385 g/mol. The van der Waals surface area contributed by atoms with Gasteiger partial charge in [-0.05, 0) is 19.4 Å². The Morgan fingerprint density at radius 3 is 2.52 bits per heavy atom. The van der Waals surface area contributed by atoms with E-state index in [1.54, 1.807) is 15.6 Å². The van der Waals surface area contributed by atoms with E-state index in [0.717, 1.165) is 17.0 Å². The molecule has 8 heteroatoms. The SMILES string of the molecule is Cc1nn(CC(C)C(=O)Nc2nn(Cc3ccccc3)cc2Cl)c(C)c1Cl. The molecule has 0 aliphatic rings. The molecule has 0 spiro atoms. The van der Waals surface area contributed by atoms with Gasteiger partial charge in [-0.2, -0.15) is 10.2 Å². The molecule has 0 saturated heterocycles. The van der Waals surface area contributed by atoms with Gasteiger partial charge in [0.25, 0.3) is 0 Å². The van der Waals surface area contributed by atoms with Crippen LogP contribution in [0.25, 0.3) is 0 Å². The van der Waals surface area contributed by atoms with Gasteiger partial charge in [-0.3, -0.25) is 14.2 Å². The van der Waals surface area contributed by atoms with Crippen molar-refractivity contribution in [1.82, 2.24) is 19.6 Å². The Bertz CT molecular complexity index is 949. The van der Waals surface area contributed by atoms with Crippen LogP contribution in [0.5, 0.6) is 0 Å². The number of rotatable bonds is 6. The molecule has 0 radical (unpaired) electrons. The van der Waals surface area contributed by atoms with Crippen molar-refractivity contribution >= 4 is 34.9 Å². The fourth-order valence-electron chi connectivity index (χ4n) is 2.77. The Hall–Kier alpha value is -2.31. The Kier molecular flexibility index (Phi) is 5.87.